The monoisotopic (exact) mass is 253 g/mol. The first-order valence-corrected chi connectivity index (χ1v) is 5.32. The van der Waals surface area contributed by atoms with Gasteiger partial charge >= 0.3 is 0 Å². The molecule has 17 heavy (non-hydrogen) atoms. The summed E-state index contributed by atoms with van der Waals surface area (Å²) in [6.45, 7) is 1.52. The van der Waals surface area contributed by atoms with Crippen molar-refractivity contribution >= 4 is 29.6 Å². The van der Waals surface area contributed by atoms with Gasteiger partial charge in [0.05, 0.1) is 17.1 Å². The summed E-state index contributed by atoms with van der Waals surface area (Å²) in [4.78, 5) is 22.8. The van der Waals surface area contributed by atoms with Gasteiger partial charge < -0.3 is 5.32 Å². The summed E-state index contributed by atoms with van der Waals surface area (Å²) in [6.07, 6.45) is 1.44. The molecule has 0 saturated heterocycles. The van der Waals surface area contributed by atoms with E-state index >= 15 is 0 Å². The lowest BCUT2D eigenvalue weighted by Gasteiger charge is -2.05. The molecule has 6 heteroatoms. The Morgan fingerprint density at radius 3 is 2.76 bits per heavy atom. The second-order valence-corrected chi connectivity index (χ2v) is 3.49. The lowest BCUT2D eigenvalue weighted by atomic mass is 10.2. The van der Waals surface area contributed by atoms with Gasteiger partial charge in [-0.3, -0.25) is 9.59 Å². The van der Waals surface area contributed by atoms with E-state index in [2.05, 4.69) is 15.8 Å². The number of hydrazone groups is 1. The summed E-state index contributed by atoms with van der Waals surface area (Å²) in [5.74, 6) is -0.797. The van der Waals surface area contributed by atoms with Crippen LogP contribution >= 0.6 is 11.6 Å². The van der Waals surface area contributed by atoms with Gasteiger partial charge in [0.15, 0.2) is 0 Å². The van der Waals surface area contributed by atoms with E-state index < -0.39 is 11.8 Å². The third-order valence-electron chi connectivity index (χ3n) is 1.85. The zero-order valence-electron chi connectivity index (χ0n) is 9.24. The minimum absolute atomic E-state index is 0.151. The maximum Gasteiger partial charge on any atom is 0.259 e. The first kappa shape index (κ1) is 13.2. The van der Waals surface area contributed by atoms with Gasteiger partial charge in [0.25, 0.3) is 11.8 Å². The molecule has 0 aliphatic rings. The fourth-order valence-corrected chi connectivity index (χ4v) is 1.30. The van der Waals surface area contributed by atoms with Crippen molar-refractivity contribution in [3.05, 3.63) is 34.9 Å². The van der Waals surface area contributed by atoms with Gasteiger partial charge in [0.1, 0.15) is 0 Å². The molecule has 0 heterocycles. The van der Waals surface area contributed by atoms with Crippen molar-refractivity contribution in [3.63, 3.8) is 0 Å². The molecule has 0 aromatic heterocycles. The maximum atomic E-state index is 11.6. The van der Waals surface area contributed by atoms with E-state index in [4.69, 9.17) is 11.6 Å². The van der Waals surface area contributed by atoms with Crippen LogP contribution in [-0.4, -0.2) is 24.6 Å². The van der Waals surface area contributed by atoms with Gasteiger partial charge in [-0.05, 0) is 19.1 Å². The molecule has 0 spiro atoms. The summed E-state index contributed by atoms with van der Waals surface area (Å²) in [5.41, 5.74) is 2.57. The number of nitrogens with zero attached hydrogens (tertiary/aromatic N) is 1. The Hall–Kier alpha value is -1.88. The predicted octanol–water partition coefficient (Wildman–Crippen LogP) is 1.19. The second-order valence-electron chi connectivity index (χ2n) is 3.08. The quantitative estimate of drug-likeness (QED) is 0.625. The minimum atomic E-state index is -0.400. The second kappa shape index (κ2) is 6.65. The number of benzene rings is 1. The first-order valence-electron chi connectivity index (χ1n) is 4.94. The Balaban J connectivity index is 2.51. The molecule has 2 N–H and O–H groups in total. The molecule has 5 nitrogen and oxygen atoms in total. The van der Waals surface area contributed by atoms with Gasteiger partial charge in [-0.1, -0.05) is 23.7 Å². The molecule has 0 aliphatic heterocycles. The largest absolute Gasteiger partial charge is 0.343 e. The molecule has 0 fully saturated rings. The van der Waals surface area contributed by atoms with Crippen LogP contribution in [0.15, 0.2) is 29.4 Å². The first-order chi connectivity index (χ1) is 8.15. The molecular weight excluding hydrogens is 242 g/mol. The molecule has 90 valence electrons. The summed E-state index contributed by atoms with van der Waals surface area (Å²) < 4.78 is 0. The zero-order valence-corrected chi connectivity index (χ0v) is 9.99. The van der Waals surface area contributed by atoms with E-state index in [1.807, 2.05) is 0 Å². The van der Waals surface area contributed by atoms with Crippen molar-refractivity contribution < 1.29 is 9.59 Å². The van der Waals surface area contributed by atoms with Crippen molar-refractivity contribution in [2.24, 2.45) is 5.10 Å². The predicted molar refractivity (Wildman–Crippen MR) is 66.1 cm³/mol. The number of carbonyl (C=O) groups is 2. The number of amides is 2. The Morgan fingerprint density at radius 1 is 1.41 bits per heavy atom. The van der Waals surface area contributed by atoms with Crippen molar-refractivity contribution in [1.82, 2.24) is 10.7 Å². The Kier molecular flexibility index (Phi) is 5.16. The van der Waals surface area contributed by atoms with Crippen LogP contribution < -0.4 is 10.7 Å². The Labute approximate surface area is 104 Å². The molecule has 1 rings (SSSR count). The normalized spacial score (nSPS) is 10.2. The van der Waals surface area contributed by atoms with Gasteiger partial charge in [-0.15, -0.1) is 0 Å². The van der Waals surface area contributed by atoms with Crippen LogP contribution in [0.25, 0.3) is 0 Å². The van der Waals surface area contributed by atoms with Crippen LogP contribution in [0.4, 0.5) is 0 Å². The average Bonchev–Trinajstić information content (AvgIpc) is 2.34. The molecule has 0 atom stereocenters. The maximum absolute atomic E-state index is 11.6. The number of carbonyl (C=O) groups excluding carboxylic acids is 2. The highest BCUT2D eigenvalue weighted by molar-refractivity contribution is 6.33. The Morgan fingerprint density at radius 2 is 2.12 bits per heavy atom. The van der Waals surface area contributed by atoms with E-state index in [9.17, 15) is 9.59 Å². The highest BCUT2D eigenvalue weighted by Crippen LogP contribution is 2.14. The topological polar surface area (TPSA) is 70.6 Å². The standard InChI is InChI=1S/C11H12ClN3O2/c1-2-14-15-10(16)7-13-11(17)8-5-3-4-6-9(8)12/h2-6H,7H2,1H3,(H,13,17)(H,15,16). The van der Waals surface area contributed by atoms with Gasteiger partial charge in [-0.25, -0.2) is 5.43 Å². The molecule has 0 saturated carbocycles. The van der Waals surface area contributed by atoms with Gasteiger partial charge in [0.2, 0.25) is 0 Å². The highest BCUT2D eigenvalue weighted by Gasteiger charge is 2.10. The van der Waals surface area contributed by atoms with Crippen LogP contribution in [0.2, 0.25) is 5.02 Å². The average molecular weight is 254 g/mol. The van der Waals surface area contributed by atoms with E-state index in [-0.39, 0.29) is 6.54 Å². The summed E-state index contributed by atoms with van der Waals surface area (Å²) in [6, 6.07) is 6.61. The molecule has 0 bridgehead atoms. The van der Waals surface area contributed by atoms with Gasteiger partial charge in [-0.2, -0.15) is 5.10 Å². The smallest absolute Gasteiger partial charge is 0.259 e. The minimum Gasteiger partial charge on any atom is -0.343 e. The van der Waals surface area contributed by atoms with E-state index in [1.54, 1.807) is 31.2 Å². The molecule has 0 aliphatic carbocycles. The summed E-state index contributed by atoms with van der Waals surface area (Å²) in [5, 5.41) is 6.32. The molecule has 0 radical (unpaired) electrons. The van der Waals surface area contributed by atoms with Crippen LogP contribution in [0, 0.1) is 0 Å². The zero-order chi connectivity index (χ0) is 12.7. The van der Waals surface area contributed by atoms with E-state index in [0.29, 0.717) is 10.6 Å². The molecule has 1 aromatic rings. The summed E-state index contributed by atoms with van der Waals surface area (Å²) in [7, 11) is 0. The number of nitrogens with one attached hydrogen (secondary N) is 2. The third kappa shape index (κ3) is 4.24. The molecule has 2 amide bonds. The molecular formula is C11H12ClN3O2. The summed E-state index contributed by atoms with van der Waals surface area (Å²) >= 11 is 5.83. The lowest BCUT2D eigenvalue weighted by Crippen LogP contribution is -2.34. The van der Waals surface area contributed by atoms with Crippen LogP contribution in [-0.2, 0) is 4.79 Å². The van der Waals surface area contributed by atoms with Crippen molar-refractivity contribution in [2.45, 2.75) is 6.92 Å². The SMILES string of the molecule is CC=NNC(=O)CNC(=O)c1ccccc1Cl. The van der Waals surface area contributed by atoms with Crippen LogP contribution in [0.1, 0.15) is 17.3 Å². The van der Waals surface area contributed by atoms with Crippen LogP contribution in [0.5, 0.6) is 0 Å². The fraction of sp³-hybridized carbons (Fsp3) is 0.182. The van der Waals surface area contributed by atoms with Gasteiger partial charge in [0, 0.05) is 6.21 Å². The van der Waals surface area contributed by atoms with Crippen molar-refractivity contribution in [1.29, 1.82) is 0 Å². The highest BCUT2D eigenvalue weighted by atomic mass is 35.5. The molecule has 0 unspecified atom stereocenters. The van der Waals surface area contributed by atoms with Crippen molar-refractivity contribution in [2.75, 3.05) is 6.54 Å². The number of rotatable bonds is 4. The Bertz CT molecular complexity index is 446. The third-order valence-corrected chi connectivity index (χ3v) is 2.18. The van der Waals surface area contributed by atoms with Crippen LogP contribution in [0.3, 0.4) is 0 Å². The molecule has 1 aromatic carbocycles. The number of halogens is 1. The number of hydrogen-bond donors (Lipinski definition) is 2. The fourth-order valence-electron chi connectivity index (χ4n) is 1.08. The van der Waals surface area contributed by atoms with E-state index in [0.717, 1.165) is 0 Å². The van der Waals surface area contributed by atoms with E-state index in [1.165, 1.54) is 6.21 Å². The lowest BCUT2D eigenvalue weighted by molar-refractivity contribution is -0.120. The number of hydrogen-bond acceptors (Lipinski definition) is 3. The van der Waals surface area contributed by atoms with Crippen molar-refractivity contribution in [3.8, 4) is 0 Å².